The van der Waals surface area contributed by atoms with Crippen molar-refractivity contribution in [2.24, 2.45) is 0 Å². The Morgan fingerprint density at radius 1 is 1.44 bits per heavy atom. The maximum atomic E-state index is 9.81. The number of carbonyl (C=O) groups excluding carboxylic acids is 1. The van der Waals surface area contributed by atoms with E-state index < -0.39 is 0 Å². The summed E-state index contributed by atoms with van der Waals surface area (Å²) in [5.74, 6) is 0. The summed E-state index contributed by atoms with van der Waals surface area (Å²) in [6.07, 6.45) is 0.613. The number of hydrogen-bond acceptors (Lipinski definition) is 2. The van der Waals surface area contributed by atoms with Gasteiger partial charge in [0.25, 0.3) is 0 Å². The van der Waals surface area contributed by atoms with Gasteiger partial charge in [-0.3, -0.25) is 4.79 Å². The first-order valence-corrected chi connectivity index (χ1v) is 3.02. The zero-order chi connectivity index (χ0) is 7.28. The number of amides is 1. The van der Waals surface area contributed by atoms with Crippen molar-refractivity contribution in [3.8, 4) is 0 Å². The molecule has 0 aromatic heterocycles. The van der Waals surface area contributed by atoms with Gasteiger partial charge in [-0.05, 0) is 20.8 Å². The molecule has 0 spiro atoms. The summed E-state index contributed by atoms with van der Waals surface area (Å²) >= 11 is 0. The second-order valence-corrected chi connectivity index (χ2v) is 2.11. The number of rotatable bonds is 4. The summed E-state index contributed by atoms with van der Waals surface area (Å²) in [6.45, 7) is 5.63. The Morgan fingerprint density at radius 2 is 2.00 bits per heavy atom. The SMILES string of the molecule is CC(C)OC(C)NC=O. The van der Waals surface area contributed by atoms with Crippen molar-refractivity contribution in [3.05, 3.63) is 0 Å². The average Bonchev–Trinajstić information content (AvgIpc) is 1.63. The molecule has 1 amide bonds. The van der Waals surface area contributed by atoms with Gasteiger partial charge in [-0.1, -0.05) is 0 Å². The highest BCUT2D eigenvalue weighted by atomic mass is 16.5. The zero-order valence-electron chi connectivity index (χ0n) is 6.05. The molecular weight excluding hydrogens is 118 g/mol. The predicted octanol–water partition coefficient (Wildman–Crippen LogP) is 0.503. The second kappa shape index (κ2) is 4.32. The molecule has 0 saturated heterocycles. The maximum absolute atomic E-state index is 9.81. The minimum Gasteiger partial charge on any atom is -0.356 e. The molecule has 0 aliphatic carbocycles. The summed E-state index contributed by atoms with van der Waals surface area (Å²) in [6, 6.07) is 0. The summed E-state index contributed by atoms with van der Waals surface area (Å²) < 4.78 is 5.15. The summed E-state index contributed by atoms with van der Waals surface area (Å²) in [5.41, 5.74) is 0. The van der Waals surface area contributed by atoms with Gasteiger partial charge in [0.1, 0.15) is 6.23 Å². The first-order valence-electron chi connectivity index (χ1n) is 3.02. The quantitative estimate of drug-likeness (QED) is 0.445. The van der Waals surface area contributed by atoms with Crippen LogP contribution in [0.25, 0.3) is 0 Å². The fraction of sp³-hybridized carbons (Fsp3) is 0.833. The molecule has 0 fully saturated rings. The minimum absolute atomic E-state index is 0.160. The third-order valence-electron chi connectivity index (χ3n) is 0.779. The largest absolute Gasteiger partial charge is 0.356 e. The smallest absolute Gasteiger partial charge is 0.209 e. The molecule has 1 unspecified atom stereocenters. The molecule has 54 valence electrons. The number of nitrogens with one attached hydrogen (secondary N) is 1. The van der Waals surface area contributed by atoms with Crippen molar-refractivity contribution in [2.45, 2.75) is 33.1 Å². The van der Waals surface area contributed by atoms with Gasteiger partial charge in [0.15, 0.2) is 0 Å². The van der Waals surface area contributed by atoms with Crippen LogP contribution in [0.15, 0.2) is 0 Å². The minimum atomic E-state index is -0.178. The highest BCUT2D eigenvalue weighted by Crippen LogP contribution is 1.91. The Bertz CT molecular complexity index is 83.1. The molecular formula is C6H13NO2. The fourth-order valence-electron chi connectivity index (χ4n) is 0.543. The molecule has 1 N–H and O–H groups in total. The molecule has 0 aromatic rings. The maximum Gasteiger partial charge on any atom is 0.209 e. The van der Waals surface area contributed by atoms with Crippen LogP contribution in [-0.4, -0.2) is 18.7 Å². The van der Waals surface area contributed by atoms with E-state index in [9.17, 15) is 4.79 Å². The summed E-state index contributed by atoms with van der Waals surface area (Å²) in [4.78, 5) is 9.81. The van der Waals surface area contributed by atoms with E-state index in [0.29, 0.717) is 6.41 Å². The van der Waals surface area contributed by atoms with Crippen molar-refractivity contribution in [3.63, 3.8) is 0 Å². The van der Waals surface area contributed by atoms with Gasteiger partial charge in [-0.2, -0.15) is 0 Å². The molecule has 0 aromatic carbocycles. The van der Waals surface area contributed by atoms with Crippen molar-refractivity contribution in [1.29, 1.82) is 0 Å². The Balaban J connectivity index is 3.25. The van der Waals surface area contributed by atoms with Gasteiger partial charge < -0.3 is 10.1 Å². The zero-order valence-corrected chi connectivity index (χ0v) is 6.05. The van der Waals surface area contributed by atoms with E-state index in [1.165, 1.54) is 0 Å². The van der Waals surface area contributed by atoms with Crippen LogP contribution in [0.2, 0.25) is 0 Å². The molecule has 0 radical (unpaired) electrons. The lowest BCUT2D eigenvalue weighted by Gasteiger charge is -2.13. The number of ether oxygens (including phenoxy) is 1. The van der Waals surface area contributed by atoms with Crippen LogP contribution < -0.4 is 5.32 Å². The number of hydrogen-bond donors (Lipinski definition) is 1. The lowest BCUT2D eigenvalue weighted by Crippen LogP contribution is -2.29. The van der Waals surface area contributed by atoms with E-state index in [1.807, 2.05) is 13.8 Å². The molecule has 0 aliphatic heterocycles. The topological polar surface area (TPSA) is 38.3 Å². The Labute approximate surface area is 55.4 Å². The molecule has 1 atom stereocenters. The van der Waals surface area contributed by atoms with Gasteiger partial charge in [0.05, 0.1) is 6.10 Å². The molecule has 0 heterocycles. The molecule has 0 aliphatic rings. The van der Waals surface area contributed by atoms with E-state index in [-0.39, 0.29) is 12.3 Å². The standard InChI is InChI=1S/C6H13NO2/c1-5(2)9-6(3)7-4-8/h4-6H,1-3H3,(H,7,8). The van der Waals surface area contributed by atoms with Crippen molar-refractivity contribution in [2.75, 3.05) is 0 Å². The third kappa shape index (κ3) is 5.30. The normalized spacial score (nSPS) is 13.3. The van der Waals surface area contributed by atoms with Crippen molar-refractivity contribution in [1.82, 2.24) is 5.32 Å². The second-order valence-electron chi connectivity index (χ2n) is 2.11. The number of carbonyl (C=O) groups is 1. The molecule has 0 bridgehead atoms. The monoisotopic (exact) mass is 131 g/mol. The lowest BCUT2D eigenvalue weighted by molar-refractivity contribution is -0.114. The van der Waals surface area contributed by atoms with E-state index in [4.69, 9.17) is 4.74 Å². The van der Waals surface area contributed by atoms with Crippen LogP contribution in [0.1, 0.15) is 20.8 Å². The lowest BCUT2D eigenvalue weighted by atomic mass is 10.5. The van der Waals surface area contributed by atoms with Gasteiger partial charge in [0, 0.05) is 0 Å². The van der Waals surface area contributed by atoms with Crippen LogP contribution in [0.3, 0.4) is 0 Å². The molecule has 3 nitrogen and oxygen atoms in total. The van der Waals surface area contributed by atoms with Crippen molar-refractivity contribution < 1.29 is 9.53 Å². The first-order chi connectivity index (χ1) is 4.16. The fourth-order valence-corrected chi connectivity index (χ4v) is 0.543. The van der Waals surface area contributed by atoms with Crippen molar-refractivity contribution >= 4 is 6.41 Å². The highest BCUT2D eigenvalue weighted by Gasteiger charge is 1.99. The Morgan fingerprint density at radius 3 is 2.33 bits per heavy atom. The van der Waals surface area contributed by atoms with Crippen LogP contribution >= 0.6 is 0 Å². The van der Waals surface area contributed by atoms with Gasteiger partial charge in [-0.15, -0.1) is 0 Å². The average molecular weight is 131 g/mol. The van der Waals surface area contributed by atoms with Gasteiger partial charge in [0.2, 0.25) is 6.41 Å². The third-order valence-corrected chi connectivity index (χ3v) is 0.779. The summed E-state index contributed by atoms with van der Waals surface area (Å²) in [5, 5.41) is 2.47. The molecule has 0 rings (SSSR count). The molecule has 9 heavy (non-hydrogen) atoms. The van der Waals surface area contributed by atoms with Gasteiger partial charge in [-0.25, -0.2) is 0 Å². The highest BCUT2D eigenvalue weighted by molar-refractivity contribution is 5.46. The van der Waals surface area contributed by atoms with Crippen LogP contribution in [0, 0.1) is 0 Å². The summed E-state index contributed by atoms with van der Waals surface area (Å²) in [7, 11) is 0. The van der Waals surface area contributed by atoms with Crippen LogP contribution in [0.5, 0.6) is 0 Å². The first kappa shape index (κ1) is 8.43. The van der Waals surface area contributed by atoms with E-state index in [1.54, 1.807) is 6.92 Å². The predicted molar refractivity (Wildman–Crippen MR) is 34.9 cm³/mol. The Hall–Kier alpha value is -0.570. The van der Waals surface area contributed by atoms with Crippen LogP contribution in [0.4, 0.5) is 0 Å². The van der Waals surface area contributed by atoms with E-state index >= 15 is 0 Å². The molecule has 3 heteroatoms. The Kier molecular flexibility index (Phi) is 4.05. The van der Waals surface area contributed by atoms with Gasteiger partial charge >= 0.3 is 0 Å². The van der Waals surface area contributed by atoms with E-state index in [2.05, 4.69) is 5.32 Å². The van der Waals surface area contributed by atoms with E-state index in [0.717, 1.165) is 0 Å². The van der Waals surface area contributed by atoms with Crippen LogP contribution in [-0.2, 0) is 9.53 Å². The molecule has 0 saturated carbocycles.